The van der Waals surface area contributed by atoms with Crippen molar-refractivity contribution in [2.24, 2.45) is 0 Å². The quantitative estimate of drug-likeness (QED) is 0.842. The average Bonchev–Trinajstić information content (AvgIpc) is 2.41. The van der Waals surface area contributed by atoms with Crippen LogP contribution >= 0.6 is 0 Å². The summed E-state index contributed by atoms with van der Waals surface area (Å²) < 4.78 is 18.7. The summed E-state index contributed by atoms with van der Waals surface area (Å²) in [6.07, 6.45) is -0.0848. The van der Waals surface area contributed by atoms with Crippen molar-refractivity contribution in [3.05, 3.63) is 29.6 Å². The minimum absolute atomic E-state index is 0.00916. The van der Waals surface area contributed by atoms with E-state index in [1.54, 1.807) is 4.90 Å². The molecular weight excluding hydrogens is 251 g/mol. The van der Waals surface area contributed by atoms with E-state index in [4.69, 9.17) is 4.74 Å². The topological polar surface area (TPSA) is 61.8 Å². The Morgan fingerprint density at radius 1 is 1.63 bits per heavy atom. The SMILES string of the molecule is CNCC1CN(C(=O)c2cc(F)ccc2O)CCO1. The molecule has 104 valence electrons. The molecule has 2 N–H and O–H groups in total. The summed E-state index contributed by atoms with van der Waals surface area (Å²) in [6.45, 7) is 1.94. The fourth-order valence-corrected chi connectivity index (χ4v) is 2.10. The molecule has 5 nitrogen and oxygen atoms in total. The molecule has 0 bridgehead atoms. The van der Waals surface area contributed by atoms with Gasteiger partial charge in [0.05, 0.1) is 18.3 Å². The standard InChI is InChI=1S/C13H17FN2O3/c1-15-7-10-8-16(4-5-19-10)13(18)11-6-9(14)2-3-12(11)17/h2-3,6,10,15,17H,4-5,7-8H2,1H3. The van der Waals surface area contributed by atoms with Gasteiger partial charge in [-0.15, -0.1) is 0 Å². The number of nitrogens with one attached hydrogen (secondary N) is 1. The number of aromatic hydroxyl groups is 1. The second-order valence-corrected chi connectivity index (χ2v) is 4.46. The predicted molar refractivity (Wildman–Crippen MR) is 67.6 cm³/mol. The third kappa shape index (κ3) is 3.21. The zero-order valence-corrected chi connectivity index (χ0v) is 10.7. The first-order chi connectivity index (χ1) is 9.11. The van der Waals surface area contributed by atoms with E-state index in [1.807, 2.05) is 7.05 Å². The monoisotopic (exact) mass is 268 g/mol. The molecule has 1 fully saturated rings. The van der Waals surface area contributed by atoms with Crippen molar-refractivity contribution in [1.29, 1.82) is 0 Å². The Bertz CT molecular complexity index is 465. The third-order valence-corrected chi connectivity index (χ3v) is 3.05. The molecule has 1 unspecified atom stereocenters. The van der Waals surface area contributed by atoms with Crippen molar-refractivity contribution in [3.8, 4) is 5.75 Å². The molecule has 0 radical (unpaired) electrons. The molecule has 1 aliphatic heterocycles. The highest BCUT2D eigenvalue weighted by molar-refractivity contribution is 5.96. The number of phenols is 1. The van der Waals surface area contributed by atoms with E-state index in [0.717, 1.165) is 12.1 Å². The number of hydrogen-bond acceptors (Lipinski definition) is 4. The molecule has 1 atom stereocenters. The molecule has 1 amide bonds. The highest BCUT2D eigenvalue weighted by Crippen LogP contribution is 2.21. The van der Waals surface area contributed by atoms with E-state index >= 15 is 0 Å². The summed E-state index contributed by atoms with van der Waals surface area (Å²) in [5, 5.41) is 12.6. The number of nitrogens with zero attached hydrogens (tertiary/aromatic N) is 1. The lowest BCUT2D eigenvalue weighted by Gasteiger charge is -2.33. The number of ether oxygens (including phenoxy) is 1. The summed E-state index contributed by atoms with van der Waals surface area (Å²) in [7, 11) is 1.81. The Kier molecular flexibility index (Phi) is 4.34. The fraction of sp³-hybridized carbons (Fsp3) is 0.462. The van der Waals surface area contributed by atoms with Gasteiger partial charge in [0.2, 0.25) is 0 Å². The Hall–Kier alpha value is -1.66. The number of amides is 1. The molecule has 1 aliphatic rings. The molecular formula is C13H17FN2O3. The molecule has 1 aromatic carbocycles. The largest absolute Gasteiger partial charge is 0.507 e. The van der Waals surface area contributed by atoms with Gasteiger partial charge in [0.25, 0.3) is 5.91 Å². The molecule has 6 heteroatoms. The molecule has 0 spiro atoms. The Morgan fingerprint density at radius 2 is 2.42 bits per heavy atom. The Morgan fingerprint density at radius 3 is 3.16 bits per heavy atom. The van der Waals surface area contributed by atoms with Crippen molar-refractivity contribution in [2.45, 2.75) is 6.10 Å². The molecule has 1 saturated heterocycles. The number of likely N-dealkylation sites (N-methyl/N-ethyl adjacent to an activating group) is 1. The first-order valence-corrected chi connectivity index (χ1v) is 6.16. The summed E-state index contributed by atoms with van der Waals surface area (Å²) >= 11 is 0. The van der Waals surface area contributed by atoms with Crippen LogP contribution in [-0.2, 0) is 4.74 Å². The lowest BCUT2D eigenvalue weighted by molar-refractivity contribution is -0.0197. The van der Waals surface area contributed by atoms with Crippen LogP contribution in [0, 0.1) is 5.82 Å². The lowest BCUT2D eigenvalue weighted by Crippen LogP contribution is -2.48. The van der Waals surface area contributed by atoms with Crippen molar-refractivity contribution < 1.29 is 19.0 Å². The summed E-state index contributed by atoms with van der Waals surface area (Å²) in [5.41, 5.74) is -0.00916. The zero-order valence-electron chi connectivity index (χ0n) is 10.7. The minimum atomic E-state index is -0.541. The van der Waals surface area contributed by atoms with Crippen molar-refractivity contribution in [1.82, 2.24) is 10.2 Å². The second-order valence-electron chi connectivity index (χ2n) is 4.46. The van der Waals surface area contributed by atoms with Gasteiger partial charge in [-0.25, -0.2) is 4.39 Å². The van der Waals surface area contributed by atoms with E-state index in [2.05, 4.69) is 5.32 Å². The molecule has 1 aromatic rings. The number of phenolic OH excluding ortho intramolecular Hbond substituents is 1. The van der Waals surface area contributed by atoms with Crippen LogP contribution in [-0.4, -0.2) is 55.3 Å². The Balaban J connectivity index is 2.12. The summed E-state index contributed by atoms with van der Waals surface area (Å²) in [4.78, 5) is 13.8. The zero-order chi connectivity index (χ0) is 13.8. The van der Waals surface area contributed by atoms with Crippen molar-refractivity contribution >= 4 is 5.91 Å². The van der Waals surface area contributed by atoms with Crippen LogP contribution in [0.2, 0.25) is 0 Å². The van der Waals surface area contributed by atoms with Gasteiger partial charge < -0.3 is 20.1 Å². The molecule has 19 heavy (non-hydrogen) atoms. The molecule has 0 aromatic heterocycles. The number of carbonyl (C=O) groups excluding carboxylic acids is 1. The molecule has 0 saturated carbocycles. The highest BCUT2D eigenvalue weighted by atomic mass is 19.1. The number of hydrogen-bond donors (Lipinski definition) is 2. The van der Waals surface area contributed by atoms with Gasteiger partial charge in [-0.05, 0) is 25.2 Å². The Labute approximate surface area is 111 Å². The van der Waals surface area contributed by atoms with Crippen molar-refractivity contribution in [3.63, 3.8) is 0 Å². The van der Waals surface area contributed by atoms with Gasteiger partial charge in [0.15, 0.2) is 0 Å². The highest BCUT2D eigenvalue weighted by Gasteiger charge is 2.26. The number of halogens is 1. The molecule has 2 rings (SSSR count). The molecule has 1 heterocycles. The van der Waals surface area contributed by atoms with E-state index < -0.39 is 5.82 Å². The number of carbonyl (C=O) groups is 1. The third-order valence-electron chi connectivity index (χ3n) is 3.05. The first-order valence-electron chi connectivity index (χ1n) is 6.16. The van der Waals surface area contributed by atoms with Crippen LogP contribution in [0.5, 0.6) is 5.75 Å². The van der Waals surface area contributed by atoms with Crippen LogP contribution in [0.4, 0.5) is 4.39 Å². The van der Waals surface area contributed by atoms with Crippen LogP contribution in [0.1, 0.15) is 10.4 Å². The van der Waals surface area contributed by atoms with Crippen LogP contribution in [0.25, 0.3) is 0 Å². The van der Waals surface area contributed by atoms with Gasteiger partial charge in [0.1, 0.15) is 11.6 Å². The maximum absolute atomic E-state index is 13.2. The van der Waals surface area contributed by atoms with Gasteiger partial charge >= 0.3 is 0 Å². The molecule has 0 aliphatic carbocycles. The predicted octanol–water partition coefficient (Wildman–Crippen LogP) is 0.592. The lowest BCUT2D eigenvalue weighted by atomic mass is 10.1. The smallest absolute Gasteiger partial charge is 0.257 e. The van der Waals surface area contributed by atoms with Crippen LogP contribution in [0.3, 0.4) is 0 Å². The van der Waals surface area contributed by atoms with Gasteiger partial charge in [-0.3, -0.25) is 4.79 Å². The van der Waals surface area contributed by atoms with E-state index in [-0.39, 0.29) is 23.3 Å². The van der Waals surface area contributed by atoms with E-state index in [0.29, 0.717) is 26.2 Å². The number of morpholine rings is 1. The summed E-state index contributed by atoms with van der Waals surface area (Å²) in [6, 6.07) is 3.36. The van der Waals surface area contributed by atoms with Gasteiger partial charge in [0, 0.05) is 19.6 Å². The summed E-state index contributed by atoms with van der Waals surface area (Å²) in [5.74, 6) is -1.12. The average molecular weight is 268 g/mol. The van der Waals surface area contributed by atoms with Crippen LogP contribution in [0.15, 0.2) is 18.2 Å². The minimum Gasteiger partial charge on any atom is -0.507 e. The van der Waals surface area contributed by atoms with E-state index in [9.17, 15) is 14.3 Å². The van der Waals surface area contributed by atoms with Crippen LogP contribution < -0.4 is 5.32 Å². The maximum atomic E-state index is 13.2. The number of rotatable bonds is 3. The maximum Gasteiger partial charge on any atom is 0.257 e. The fourth-order valence-electron chi connectivity index (χ4n) is 2.10. The van der Waals surface area contributed by atoms with E-state index in [1.165, 1.54) is 6.07 Å². The van der Waals surface area contributed by atoms with Gasteiger partial charge in [-0.2, -0.15) is 0 Å². The van der Waals surface area contributed by atoms with Gasteiger partial charge in [-0.1, -0.05) is 0 Å². The number of benzene rings is 1. The van der Waals surface area contributed by atoms with Crippen molar-refractivity contribution in [2.75, 3.05) is 33.3 Å². The second kappa shape index (κ2) is 5.99. The normalized spacial score (nSPS) is 19.5. The first kappa shape index (κ1) is 13.8.